The molecule has 0 radical (unpaired) electrons. The number of aliphatic hydroxyl groups is 2. The first-order valence-electron chi connectivity index (χ1n) is 13.9. The van der Waals surface area contributed by atoms with Crippen molar-refractivity contribution in [2.24, 2.45) is 17.8 Å². The molecule has 1 heterocycles. The number of aromatic nitrogens is 1. The van der Waals surface area contributed by atoms with Crippen LogP contribution in [0.5, 0.6) is 0 Å². The highest BCUT2D eigenvalue weighted by Gasteiger charge is 2.18. The Bertz CT molecular complexity index is 904. The largest absolute Gasteiger partial charge is 0.396 e. The number of rotatable bonds is 9. The Kier molecular flexibility index (Phi) is 14.9. The Morgan fingerprint density at radius 3 is 2.36 bits per heavy atom. The fraction of sp³-hybridized carbons (Fsp3) is 0.606. The molecular weight excluding hydrogens is 442 g/mol. The van der Waals surface area contributed by atoms with Crippen molar-refractivity contribution in [1.82, 2.24) is 4.98 Å². The molecule has 0 aliphatic heterocycles. The quantitative estimate of drug-likeness (QED) is 0.342. The average Bonchev–Trinajstić information content (AvgIpc) is 2.84. The molecule has 1 aromatic heterocycles. The number of hydrogen-bond donors (Lipinski definition) is 2. The summed E-state index contributed by atoms with van der Waals surface area (Å²) in [4.78, 5) is 4.40. The minimum absolute atomic E-state index is 0.348. The molecule has 1 aliphatic carbocycles. The molecule has 1 aliphatic rings. The first-order valence-corrected chi connectivity index (χ1v) is 13.9. The summed E-state index contributed by atoms with van der Waals surface area (Å²) in [5, 5.41) is 19.4. The lowest BCUT2D eigenvalue weighted by atomic mass is 9.80. The Hall–Kier alpha value is -1.97. The van der Waals surface area contributed by atoms with Gasteiger partial charge in [-0.25, -0.2) is 0 Å². The van der Waals surface area contributed by atoms with E-state index in [1.165, 1.54) is 30.2 Å². The molecule has 0 bridgehead atoms. The van der Waals surface area contributed by atoms with Crippen LogP contribution in [-0.4, -0.2) is 27.4 Å². The highest BCUT2D eigenvalue weighted by atomic mass is 16.3. The van der Waals surface area contributed by atoms with Gasteiger partial charge in [-0.3, -0.25) is 4.98 Å². The third-order valence-electron chi connectivity index (χ3n) is 7.20. The van der Waals surface area contributed by atoms with Crippen molar-refractivity contribution in [2.45, 2.75) is 105 Å². The number of nitrogens with zero attached hydrogens (tertiary/aromatic N) is 1. The van der Waals surface area contributed by atoms with Gasteiger partial charge in [-0.1, -0.05) is 76.1 Å². The summed E-state index contributed by atoms with van der Waals surface area (Å²) in [5.41, 5.74) is 3.52. The van der Waals surface area contributed by atoms with E-state index in [0.717, 1.165) is 37.1 Å². The predicted molar refractivity (Wildman–Crippen MR) is 157 cm³/mol. The van der Waals surface area contributed by atoms with E-state index in [0.29, 0.717) is 24.4 Å². The summed E-state index contributed by atoms with van der Waals surface area (Å²) in [6, 6.07) is 10.4. The SMILES string of the molecule is C=CC(C)CCCC(C)(C)O.CC(C)c1cccc2cccnc12.CC1=CCC(C(C)CCO)CC1. The average molecular weight is 496 g/mol. The van der Waals surface area contributed by atoms with Crippen molar-refractivity contribution in [1.29, 1.82) is 0 Å². The molecule has 0 amide bonds. The molecule has 202 valence electrons. The van der Waals surface area contributed by atoms with Crippen LogP contribution in [0.3, 0.4) is 0 Å². The minimum Gasteiger partial charge on any atom is -0.396 e. The van der Waals surface area contributed by atoms with Crippen LogP contribution in [-0.2, 0) is 0 Å². The Balaban J connectivity index is 0.000000272. The first-order chi connectivity index (χ1) is 17.0. The summed E-state index contributed by atoms with van der Waals surface area (Å²) >= 11 is 0. The van der Waals surface area contributed by atoms with E-state index < -0.39 is 5.60 Å². The maximum Gasteiger partial charge on any atom is 0.0736 e. The lowest BCUT2D eigenvalue weighted by Crippen LogP contribution is -2.18. The molecule has 3 atom stereocenters. The number of fused-ring (bicyclic) bond motifs is 1. The molecule has 2 aromatic rings. The van der Waals surface area contributed by atoms with E-state index in [1.807, 2.05) is 32.2 Å². The fourth-order valence-electron chi connectivity index (χ4n) is 4.51. The number of allylic oxidation sites excluding steroid dienone is 3. The normalized spacial score (nSPS) is 17.3. The van der Waals surface area contributed by atoms with Crippen LogP contribution in [0, 0.1) is 17.8 Å². The first kappa shape index (κ1) is 32.1. The number of para-hydroxylation sites is 1. The summed E-state index contributed by atoms with van der Waals surface area (Å²) in [7, 11) is 0. The van der Waals surface area contributed by atoms with Gasteiger partial charge in [-0.2, -0.15) is 0 Å². The molecule has 0 saturated carbocycles. The topological polar surface area (TPSA) is 53.4 Å². The molecule has 3 unspecified atom stereocenters. The third kappa shape index (κ3) is 12.8. The van der Waals surface area contributed by atoms with Crippen LogP contribution < -0.4 is 0 Å². The summed E-state index contributed by atoms with van der Waals surface area (Å²) in [6.07, 6.45) is 14.1. The van der Waals surface area contributed by atoms with Crippen molar-refractivity contribution in [3.05, 3.63) is 66.4 Å². The molecule has 2 N–H and O–H groups in total. The number of benzene rings is 1. The minimum atomic E-state index is -0.499. The summed E-state index contributed by atoms with van der Waals surface area (Å²) in [5.74, 6) is 2.64. The second kappa shape index (κ2) is 16.7. The van der Waals surface area contributed by atoms with E-state index in [-0.39, 0.29) is 0 Å². The molecule has 3 nitrogen and oxygen atoms in total. The van der Waals surface area contributed by atoms with Crippen molar-refractivity contribution in [2.75, 3.05) is 6.61 Å². The van der Waals surface area contributed by atoms with Crippen LogP contribution in [0.15, 0.2) is 60.8 Å². The van der Waals surface area contributed by atoms with E-state index >= 15 is 0 Å². The number of hydrogen-bond acceptors (Lipinski definition) is 3. The van der Waals surface area contributed by atoms with Gasteiger partial charge in [0.1, 0.15) is 0 Å². The monoisotopic (exact) mass is 495 g/mol. The van der Waals surface area contributed by atoms with Gasteiger partial charge in [-0.15, -0.1) is 6.58 Å². The standard InChI is InChI=1S/C12H13N.C11H20O.C10H20O/c1-9(2)11-7-3-5-10-6-4-8-13-12(10)11;1-9-3-5-11(6-4-9)10(2)7-8-12;1-5-9(2)7-6-8-10(3,4)11/h3-9H,1-2H3;3,10-12H,4-8H2,1-2H3;5,9,11H,1,6-8H2,2-4H3. The van der Waals surface area contributed by atoms with Gasteiger partial charge in [0.15, 0.2) is 0 Å². The third-order valence-corrected chi connectivity index (χ3v) is 7.20. The van der Waals surface area contributed by atoms with Gasteiger partial charge in [0.25, 0.3) is 0 Å². The molecule has 0 spiro atoms. The number of pyridine rings is 1. The van der Waals surface area contributed by atoms with E-state index in [1.54, 1.807) is 5.57 Å². The van der Waals surface area contributed by atoms with Gasteiger partial charge >= 0.3 is 0 Å². The molecule has 0 fully saturated rings. The highest BCUT2D eigenvalue weighted by molar-refractivity contribution is 5.81. The predicted octanol–water partition coefficient (Wildman–Crippen LogP) is 8.86. The van der Waals surface area contributed by atoms with Crippen LogP contribution in [0.2, 0.25) is 0 Å². The van der Waals surface area contributed by atoms with Crippen LogP contribution in [0.4, 0.5) is 0 Å². The maximum absolute atomic E-state index is 9.38. The second-order valence-electron chi connectivity index (χ2n) is 11.6. The lowest BCUT2D eigenvalue weighted by Gasteiger charge is -2.25. The zero-order valence-electron chi connectivity index (χ0n) is 24.1. The molecule has 36 heavy (non-hydrogen) atoms. The van der Waals surface area contributed by atoms with E-state index in [2.05, 4.69) is 76.5 Å². The van der Waals surface area contributed by atoms with Crippen molar-refractivity contribution < 1.29 is 10.2 Å². The van der Waals surface area contributed by atoms with Crippen molar-refractivity contribution in [3.8, 4) is 0 Å². The van der Waals surface area contributed by atoms with Crippen molar-refractivity contribution in [3.63, 3.8) is 0 Å². The van der Waals surface area contributed by atoms with Gasteiger partial charge in [0, 0.05) is 18.2 Å². The van der Waals surface area contributed by atoms with Crippen molar-refractivity contribution >= 4 is 10.9 Å². The zero-order valence-corrected chi connectivity index (χ0v) is 24.1. The Labute approximate surface area is 221 Å². The van der Waals surface area contributed by atoms with Crippen LogP contribution >= 0.6 is 0 Å². The van der Waals surface area contributed by atoms with Crippen LogP contribution in [0.1, 0.15) is 105 Å². The molecule has 1 aromatic carbocycles. The smallest absolute Gasteiger partial charge is 0.0736 e. The van der Waals surface area contributed by atoms with Gasteiger partial charge in [0.05, 0.1) is 11.1 Å². The van der Waals surface area contributed by atoms with E-state index in [9.17, 15) is 5.11 Å². The fourth-order valence-corrected chi connectivity index (χ4v) is 4.51. The molecular formula is C33H53NO2. The second-order valence-corrected chi connectivity index (χ2v) is 11.6. The Morgan fingerprint density at radius 1 is 1.11 bits per heavy atom. The molecule has 3 heteroatoms. The van der Waals surface area contributed by atoms with Gasteiger partial charge in [-0.05, 0) is 94.6 Å². The zero-order chi connectivity index (χ0) is 27.1. The van der Waals surface area contributed by atoms with Crippen LogP contribution in [0.25, 0.3) is 10.9 Å². The highest BCUT2D eigenvalue weighted by Crippen LogP contribution is 2.30. The number of aliphatic hydroxyl groups excluding tert-OH is 1. The van der Waals surface area contributed by atoms with Gasteiger partial charge in [0.2, 0.25) is 0 Å². The molecule has 3 rings (SSSR count). The van der Waals surface area contributed by atoms with Gasteiger partial charge < -0.3 is 10.2 Å². The summed E-state index contributed by atoms with van der Waals surface area (Å²) < 4.78 is 0. The maximum atomic E-state index is 9.38. The lowest BCUT2D eigenvalue weighted by molar-refractivity contribution is 0.0675. The summed E-state index contributed by atoms with van der Waals surface area (Å²) in [6.45, 7) is 18.8. The molecule has 0 saturated heterocycles. The van der Waals surface area contributed by atoms with E-state index in [4.69, 9.17) is 5.11 Å². The Morgan fingerprint density at radius 2 is 1.81 bits per heavy atom.